The first-order chi connectivity index (χ1) is 13.0. The quantitative estimate of drug-likeness (QED) is 0.502. The molecule has 0 aliphatic rings. The second-order valence-electron chi connectivity index (χ2n) is 6.51. The maximum Gasteiger partial charge on any atom is 0.302 e. The smallest absolute Gasteiger partial charge is 0.302 e. The van der Waals surface area contributed by atoms with Crippen molar-refractivity contribution in [2.45, 2.75) is 19.4 Å². The van der Waals surface area contributed by atoms with Crippen LogP contribution in [0.2, 0.25) is 5.02 Å². The van der Waals surface area contributed by atoms with Gasteiger partial charge in [-0.05, 0) is 47.9 Å². The molecule has 0 bridgehead atoms. The van der Waals surface area contributed by atoms with Crippen molar-refractivity contribution in [2.24, 2.45) is 0 Å². The molecule has 0 spiro atoms. The van der Waals surface area contributed by atoms with Gasteiger partial charge < -0.3 is 9.47 Å². The van der Waals surface area contributed by atoms with E-state index in [-0.39, 0.29) is 12.6 Å². The van der Waals surface area contributed by atoms with Gasteiger partial charge in [-0.1, -0.05) is 66.2 Å². The molecule has 0 N–H and O–H groups in total. The number of hydrogen-bond acceptors (Lipinski definition) is 3. The Morgan fingerprint density at radius 2 is 1.44 bits per heavy atom. The summed E-state index contributed by atoms with van der Waals surface area (Å²) in [6.07, 6.45) is 0. The van der Waals surface area contributed by atoms with E-state index in [1.165, 1.54) is 6.92 Å². The van der Waals surface area contributed by atoms with Gasteiger partial charge in [-0.3, -0.25) is 4.79 Å². The normalized spacial score (nSPS) is 12.9. The van der Waals surface area contributed by atoms with Gasteiger partial charge in [0.25, 0.3) is 0 Å². The first-order valence-corrected chi connectivity index (χ1v) is 9.08. The van der Waals surface area contributed by atoms with E-state index in [2.05, 4.69) is 0 Å². The van der Waals surface area contributed by atoms with Gasteiger partial charge in [0, 0.05) is 11.9 Å². The summed E-state index contributed by atoms with van der Waals surface area (Å²) in [5.74, 6) is 0.366. The lowest BCUT2D eigenvalue weighted by Gasteiger charge is -2.30. The molecule has 4 heteroatoms. The highest BCUT2D eigenvalue weighted by Crippen LogP contribution is 2.30. The molecule has 0 aliphatic heterocycles. The number of esters is 1. The average Bonchev–Trinajstić information content (AvgIpc) is 2.68. The minimum atomic E-state index is -0.783. The Morgan fingerprint density at radius 3 is 2.00 bits per heavy atom. The maximum atomic E-state index is 11.3. The molecule has 3 aromatic rings. The summed E-state index contributed by atoms with van der Waals surface area (Å²) >= 11 is 5.95. The fourth-order valence-electron chi connectivity index (χ4n) is 2.82. The summed E-state index contributed by atoms with van der Waals surface area (Å²) in [6, 6.07) is 25.3. The van der Waals surface area contributed by atoms with Gasteiger partial charge in [0.05, 0.1) is 0 Å². The van der Waals surface area contributed by atoms with Gasteiger partial charge in [-0.25, -0.2) is 0 Å². The minimum absolute atomic E-state index is 0.130. The predicted octanol–water partition coefficient (Wildman–Crippen LogP) is 5.86. The van der Waals surface area contributed by atoms with E-state index in [0.29, 0.717) is 10.8 Å². The lowest BCUT2D eigenvalue weighted by Crippen LogP contribution is -2.35. The highest BCUT2D eigenvalue weighted by atomic mass is 35.5. The van der Waals surface area contributed by atoms with Crippen molar-refractivity contribution < 1.29 is 14.3 Å². The van der Waals surface area contributed by atoms with Gasteiger partial charge in [-0.2, -0.15) is 0 Å². The SMILES string of the molecule is CC(=O)OCC(C)(Oc1ccc(-c2ccc(Cl)cc2)cc1)c1ccccc1. The fourth-order valence-corrected chi connectivity index (χ4v) is 2.95. The van der Waals surface area contributed by atoms with Crippen LogP contribution < -0.4 is 4.74 Å². The highest BCUT2D eigenvalue weighted by Gasteiger charge is 2.30. The lowest BCUT2D eigenvalue weighted by molar-refractivity contribution is -0.147. The molecule has 27 heavy (non-hydrogen) atoms. The number of carbonyl (C=O) groups excluding carboxylic acids is 1. The van der Waals surface area contributed by atoms with Crippen molar-refractivity contribution >= 4 is 17.6 Å². The highest BCUT2D eigenvalue weighted by molar-refractivity contribution is 6.30. The zero-order valence-corrected chi connectivity index (χ0v) is 16.1. The second-order valence-corrected chi connectivity index (χ2v) is 6.95. The van der Waals surface area contributed by atoms with Crippen molar-refractivity contribution in [3.8, 4) is 16.9 Å². The van der Waals surface area contributed by atoms with Crippen LogP contribution in [0, 0.1) is 0 Å². The summed E-state index contributed by atoms with van der Waals surface area (Å²) in [5.41, 5.74) is 2.31. The Hall–Kier alpha value is -2.78. The van der Waals surface area contributed by atoms with Crippen LogP contribution in [0.5, 0.6) is 5.75 Å². The summed E-state index contributed by atoms with van der Waals surface area (Å²) < 4.78 is 11.5. The molecule has 0 amide bonds. The van der Waals surface area contributed by atoms with E-state index >= 15 is 0 Å². The molecular weight excluding hydrogens is 360 g/mol. The van der Waals surface area contributed by atoms with Gasteiger partial charge in [0.2, 0.25) is 0 Å². The number of carbonyl (C=O) groups is 1. The van der Waals surface area contributed by atoms with E-state index in [4.69, 9.17) is 21.1 Å². The number of benzene rings is 3. The molecule has 0 fully saturated rings. The summed E-state index contributed by atoms with van der Waals surface area (Å²) in [7, 11) is 0. The Morgan fingerprint density at radius 1 is 0.889 bits per heavy atom. The second kappa shape index (κ2) is 8.28. The molecular formula is C23H21ClO3. The van der Waals surface area contributed by atoms with Crippen molar-refractivity contribution in [3.63, 3.8) is 0 Å². The third-order valence-electron chi connectivity index (χ3n) is 4.31. The van der Waals surface area contributed by atoms with E-state index in [1.807, 2.05) is 85.8 Å². The van der Waals surface area contributed by atoms with Crippen molar-refractivity contribution in [3.05, 3.63) is 89.4 Å². The van der Waals surface area contributed by atoms with Crippen LogP contribution in [0.25, 0.3) is 11.1 Å². The topological polar surface area (TPSA) is 35.5 Å². The Balaban J connectivity index is 1.83. The van der Waals surface area contributed by atoms with Gasteiger partial charge >= 0.3 is 5.97 Å². The van der Waals surface area contributed by atoms with Crippen LogP contribution in [0.3, 0.4) is 0 Å². The monoisotopic (exact) mass is 380 g/mol. The Bertz CT molecular complexity index is 889. The first kappa shape index (κ1) is 19.0. The molecule has 0 saturated heterocycles. The largest absolute Gasteiger partial charge is 0.479 e. The van der Waals surface area contributed by atoms with Crippen molar-refractivity contribution in [2.75, 3.05) is 6.61 Å². The van der Waals surface area contributed by atoms with Crippen molar-refractivity contribution in [1.29, 1.82) is 0 Å². The zero-order valence-electron chi connectivity index (χ0n) is 15.3. The average molecular weight is 381 g/mol. The molecule has 3 nitrogen and oxygen atoms in total. The van der Waals surface area contributed by atoms with E-state index in [1.54, 1.807) is 0 Å². The Labute approximate surface area is 164 Å². The van der Waals surface area contributed by atoms with Gasteiger partial charge in [0.1, 0.15) is 12.4 Å². The fraction of sp³-hybridized carbons (Fsp3) is 0.174. The molecule has 3 aromatic carbocycles. The van der Waals surface area contributed by atoms with Crippen LogP contribution in [0.1, 0.15) is 19.4 Å². The van der Waals surface area contributed by atoms with Crippen LogP contribution in [0.15, 0.2) is 78.9 Å². The third-order valence-corrected chi connectivity index (χ3v) is 4.56. The van der Waals surface area contributed by atoms with E-state index in [0.717, 1.165) is 16.7 Å². The Kier molecular flexibility index (Phi) is 5.82. The predicted molar refractivity (Wildman–Crippen MR) is 108 cm³/mol. The summed E-state index contributed by atoms with van der Waals surface area (Å²) in [4.78, 5) is 11.3. The molecule has 3 rings (SSSR count). The van der Waals surface area contributed by atoms with Gasteiger partial charge in [0.15, 0.2) is 5.60 Å². The zero-order chi connectivity index (χ0) is 19.3. The maximum absolute atomic E-state index is 11.3. The van der Waals surface area contributed by atoms with Crippen LogP contribution in [0.4, 0.5) is 0 Å². The first-order valence-electron chi connectivity index (χ1n) is 8.70. The number of halogens is 1. The minimum Gasteiger partial charge on any atom is -0.479 e. The van der Waals surface area contributed by atoms with Crippen LogP contribution >= 0.6 is 11.6 Å². The molecule has 1 atom stereocenters. The summed E-state index contributed by atoms with van der Waals surface area (Å²) in [6.45, 7) is 3.44. The summed E-state index contributed by atoms with van der Waals surface area (Å²) in [5, 5.41) is 0.711. The van der Waals surface area contributed by atoms with Crippen LogP contribution in [-0.2, 0) is 15.1 Å². The van der Waals surface area contributed by atoms with Gasteiger partial charge in [-0.15, -0.1) is 0 Å². The molecule has 0 radical (unpaired) electrons. The van der Waals surface area contributed by atoms with Crippen molar-refractivity contribution in [1.82, 2.24) is 0 Å². The molecule has 0 heterocycles. The van der Waals surface area contributed by atoms with Crippen LogP contribution in [-0.4, -0.2) is 12.6 Å². The molecule has 0 saturated carbocycles. The third kappa shape index (κ3) is 4.89. The number of hydrogen-bond donors (Lipinski definition) is 0. The van der Waals surface area contributed by atoms with E-state index < -0.39 is 5.60 Å². The number of ether oxygens (including phenoxy) is 2. The molecule has 1 unspecified atom stereocenters. The standard InChI is InChI=1S/C23H21ClO3/c1-17(25)26-16-23(2,20-6-4-3-5-7-20)27-22-14-10-19(11-15-22)18-8-12-21(24)13-9-18/h3-15H,16H2,1-2H3. The molecule has 0 aliphatic carbocycles. The number of rotatable bonds is 6. The molecule has 0 aromatic heterocycles. The van der Waals surface area contributed by atoms with E-state index in [9.17, 15) is 4.79 Å². The lowest BCUT2D eigenvalue weighted by atomic mass is 9.96. The molecule has 138 valence electrons.